The van der Waals surface area contributed by atoms with Crippen LogP contribution in [0.2, 0.25) is 20.1 Å². The predicted octanol–water partition coefficient (Wildman–Crippen LogP) is 10.6. The van der Waals surface area contributed by atoms with Crippen molar-refractivity contribution in [2.24, 2.45) is 0 Å². The molecule has 5 aromatic rings. The maximum absolute atomic E-state index is 14.2. The molecule has 2 saturated heterocycles. The van der Waals surface area contributed by atoms with Gasteiger partial charge in [-0.05, 0) is 94.1 Å². The number of carbonyl (C=O) groups is 1. The van der Waals surface area contributed by atoms with E-state index < -0.39 is 11.6 Å². The van der Waals surface area contributed by atoms with Gasteiger partial charge in [-0.15, -0.1) is 0 Å². The number of benzene rings is 5. The third-order valence-corrected chi connectivity index (χ3v) is 12.6. The number of ether oxygens (including phenoxy) is 5. The van der Waals surface area contributed by atoms with Crippen LogP contribution in [0.1, 0.15) is 38.2 Å². The lowest BCUT2D eigenvalue weighted by atomic mass is 9.83. The number of carbonyl (C=O) groups excluding carboxylic acids is 1. The molecule has 0 aromatic heterocycles. The summed E-state index contributed by atoms with van der Waals surface area (Å²) in [6.07, 6.45) is 3.83. The number of hydrogen-bond donors (Lipinski definition) is 0. The normalized spacial score (nSPS) is 18.6. The molecule has 8 rings (SSSR count). The lowest BCUT2D eigenvalue weighted by Gasteiger charge is -2.30. The molecule has 3 heterocycles. The van der Waals surface area contributed by atoms with E-state index in [1.165, 1.54) is 0 Å². The van der Waals surface area contributed by atoms with Crippen molar-refractivity contribution in [3.8, 4) is 11.5 Å². The van der Waals surface area contributed by atoms with Gasteiger partial charge in [0.25, 0.3) is 0 Å². The van der Waals surface area contributed by atoms with Crippen LogP contribution in [0.25, 0.3) is 11.1 Å². The molecular weight excluding hydrogens is 818 g/mol. The fourth-order valence-corrected chi connectivity index (χ4v) is 8.75. The van der Waals surface area contributed by atoms with E-state index in [-0.39, 0.29) is 31.2 Å². The van der Waals surface area contributed by atoms with Gasteiger partial charge >= 0.3 is 5.97 Å². The van der Waals surface area contributed by atoms with E-state index in [9.17, 15) is 4.79 Å². The van der Waals surface area contributed by atoms with Gasteiger partial charge in [-0.2, -0.15) is 0 Å². The minimum atomic E-state index is -1.66. The minimum Gasteiger partial charge on any atom is -0.497 e. The van der Waals surface area contributed by atoms with Crippen molar-refractivity contribution in [3.05, 3.63) is 163 Å². The van der Waals surface area contributed by atoms with Gasteiger partial charge in [-0.3, -0.25) is 0 Å². The maximum Gasteiger partial charge on any atom is 0.341 e. The van der Waals surface area contributed by atoms with Gasteiger partial charge in [0, 0.05) is 43.1 Å². The molecule has 12 heteroatoms. The Bertz CT molecular complexity index is 2230. The zero-order chi connectivity index (χ0) is 40.4. The van der Waals surface area contributed by atoms with Crippen LogP contribution in [-0.2, 0) is 19.8 Å². The summed E-state index contributed by atoms with van der Waals surface area (Å²) >= 11 is 27.5. The number of halogens is 4. The number of methoxy groups -OCH3 is 2. The zero-order valence-corrected chi connectivity index (χ0v) is 34.9. The third-order valence-electron chi connectivity index (χ3n) is 10.8. The highest BCUT2D eigenvalue weighted by Crippen LogP contribution is 2.53. The quantitative estimate of drug-likeness (QED) is 0.0782. The molecular formula is C46H40Cl4N2O6. The number of esters is 1. The Kier molecular flexibility index (Phi) is 12.0. The lowest BCUT2D eigenvalue weighted by molar-refractivity contribution is 0.0300. The van der Waals surface area contributed by atoms with Crippen LogP contribution < -0.4 is 19.3 Å². The van der Waals surface area contributed by atoms with Gasteiger partial charge in [-0.25, -0.2) is 4.79 Å². The molecule has 3 aliphatic heterocycles. The molecule has 298 valence electrons. The Labute approximate surface area is 358 Å². The van der Waals surface area contributed by atoms with Crippen molar-refractivity contribution < 1.29 is 28.5 Å². The van der Waals surface area contributed by atoms with Crippen molar-refractivity contribution in [3.63, 3.8) is 0 Å². The van der Waals surface area contributed by atoms with E-state index in [0.717, 1.165) is 71.0 Å². The minimum absolute atomic E-state index is 0.0123. The summed E-state index contributed by atoms with van der Waals surface area (Å²) < 4.78 is 28.8. The average molecular weight is 859 g/mol. The second-order valence-corrected chi connectivity index (χ2v) is 15.6. The number of morpholine rings is 2. The van der Waals surface area contributed by atoms with Crippen molar-refractivity contribution in [1.29, 1.82) is 0 Å². The first-order valence-corrected chi connectivity index (χ1v) is 20.4. The molecule has 0 spiro atoms. The van der Waals surface area contributed by atoms with Crippen molar-refractivity contribution in [2.75, 3.05) is 76.6 Å². The predicted molar refractivity (Wildman–Crippen MR) is 233 cm³/mol. The summed E-state index contributed by atoms with van der Waals surface area (Å²) in [5.41, 5.74) is 5.72. The first-order chi connectivity index (χ1) is 28.2. The molecule has 5 aromatic carbocycles. The number of rotatable bonds is 10. The van der Waals surface area contributed by atoms with E-state index in [1.54, 1.807) is 14.2 Å². The average Bonchev–Trinajstić information content (AvgIpc) is 3.57. The summed E-state index contributed by atoms with van der Waals surface area (Å²) in [5.74, 6) is 0.689. The molecule has 0 atom stereocenters. The molecule has 0 unspecified atom stereocenters. The molecule has 2 fully saturated rings. The molecule has 0 bridgehead atoms. The van der Waals surface area contributed by atoms with E-state index >= 15 is 0 Å². The molecule has 0 amide bonds. The molecule has 0 radical (unpaired) electrons. The summed E-state index contributed by atoms with van der Waals surface area (Å²) in [7, 11) is 3.25. The van der Waals surface area contributed by atoms with Gasteiger partial charge in [0.15, 0.2) is 5.60 Å². The first kappa shape index (κ1) is 40.1. The van der Waals surface area contributed by atoms with Gasteiger partial charge in [0.1, 0.15) is 11.5 Å². The Morgan fingerprint density at radius 3 is 1.29 bits per heavy atom. The van der Waals surface area contributed by atoms with Crippen LogP contribution in [0.3, 0.4) is 0 Å². The van der Waals surface area contributed by atoms with Gasteiger partial charge in [0.2, 0.25) is 0 Å². The maximum atomic E-state index is 14.2. The molecule has 58 heavy (non-hydrogen) atoms. The third kappa shape index (κ3) is 7.90. The lowest BCUT2D eigenvalue weighted by Crippen LogP contribution is -2.36. The molecule has 0 N–H and O–H groups in total. The van der Waals surface area contributed by atoms with E-state index in [1.807, 2.05) is 60.7 Å². The van der Waals surface area contributed by atoms with Crippen LogP contribution in [-0.4, -0.2) is 72.8 Å². The second-order valence-electron chi connectivity index (χ2n) is 14.1. The fraction of sp³-hybridized carbons (Fsp3) is 0.239. The van der Waals surface area contributed by atoms with E-state index in [2.05, 4.69) is 58.3 Å². The Morgan fingerprint density at radius 2 is 0.914 bits per heavy atom. The van der Waals surface area contributed by atoms with Crippen molar-refractivity contribution in [2.45, 2.75) is 5.60 Å². The van der Waals surface area contributed by atoms with Gasteiger partial charge < -0.3 is 33.5 Å². The highest BCUT2D eigenvalue weighted by atomic mass is 35.5. The highest BCUT2D eigenvalue weighted by Gasteiger charge is 2.48. The summed E-state index contributed by atoms with van der Waals surface area (Å²) in [6, 6.07) is 32.0. The van der Waals surface area contributed by atoms with Crippen LogP contribution in [0.5, 0.6) is 11.5 Å². The van der Waals surface area contributed by atoms with E-state index in [0.29, 0.717) is 37.9 Å². The number of cyclic esters (lactones) is 1. The standard InChI is InChI=1S/C46H40Cl4N2O6/c1-54-35-15-7-31(8-16-35)37(29-3-11-33(12-4-29)51-19-23-56-24-20-51)27-46(40-39(45(53)58-46)41(47)43(49)44(50)42(40)48)28-38(32-9-17-36(55-2)18-10-32)30-5-13-34(14-6-30)52-21-25-57-26-22-52/h3-18,27-28H,19-26H2,1-2H3. The zero-order valence-electron chi connectivity index (χ0n) is 31.9. The molecule has 3 aliphatic rings. The van der Waals surface area contributed by atoms with Crippen LogP contribution >= 0.6 is 46.4 Å². The summed E-state index contributed by atoms with van der Waals surface area (Å²) in [4.78, 5) is 18.8. The van der Waals surface area contributed by atoms with Crippen molar-refractivity contribution >= 4 is 74.9 Å². The van der Waals surface area contributed by atoms with Gasteiger partial charge in [0.05, 0.1) is 66.3 Å². The van der Waals surface area contributed by atoms with Crippen molar-refractivity contribution in [1.82, 2.24) is 0 Å². The smallest absolute Gasteiger partial charge is 0.341 e. The Morgan fingerprint density at radius 1 is 0.552 bits per heavy atom. The first-order valence-electron chi connectivity index (χ1n) is 18.9. The van der Waals surface area contributed by atoms with Crippen LogP contribution in [0.4, 0.5) is 11.4 Å². The second kappa shape index (κ2) is 17.3. The molecule has 0 aliphatic carbocycles. The molecule has 8 nitrogen and oxygen atoms in total. The Hall–Kier alpha value is -4.67. The number of anilines is 2. The number of fused-ring (bicyclic) bond motifs is 1. The summed E-state index contributed by atoms with van der Waals surface area (Å²) in [5, 5.41) is -0.00592. The monoisotopic (exact) mass is 856 g/mol. The van der Waals surface area contributed by atoms with Crippen LogP contribution in [0, 0.1) is 0 Å². The largest absolute Gasteiger partial charge is 0.497 e. The van der Waals surface area contributed by atoms with Gasteiger partial charge in [-0.1, -0.05) is 94.9 Å². The number of hydrogen-bond acceptors (Lipinski definition) is 8. The topological polar surface area (TPSA) is 69.7 Å². The van der Waals surface area contributed by atoms with Crippen LogP contribution in [0.15, 0.2) is 109 Å². The van der Waals surface area contributed by atoms with E-state index in [4.69, 9.17) is 70.1 Å². The highest BCUT2D eigenvalue weighted by molar-refractivity contribution is 6.53. The Balaban J connectivity index is 1.39. The fourth-order valence-electron chi connectivity index (χ4n) is 7.67. The number of nitrogens with zero attached hydrogens (tertiary/aromatic N) is 2. The molecule has 0 saturated carbocycles. The summed E-state index contributed by atoms with van der Waals surface area (Å²) in [6.45, 7) is 5.86. The SMILES string of the molecule is COc1ccc(C(=CC2(C=C(c3ccc(OC)cc3)c3ccc(N4CCOCC4)cc3)OC(=O)c3c(Cl)c(Cl)c(Cl)c(Cl)c32)c2ccc(N3CCOCC3)cc2)cc1.